The zero-order valence-electron chi connectivity index (χ0n) is 14.7. The van der Waals surface area contributed by atoms with Crippen LogP contribution >= 0.6 is 0 Å². The average molecular weight is 347 g/mol. The van der Waals surface area contributed by atoms with Crippen LogP contribution in [0.15, 0.2) is 18.2 Å². The molecule has 3 rings (SSSR count). The van der Waals surface area contributed by atoms with E-state index in [0.717, 1.165) is 36.4 Å². The van der Waals surface area contributed by atoms with E-state index >= 15 is 0 Å². The van der Waals surface area contributed by atoms with Crippen molar-refractivity contribution in [1.82, 2.24) is 15.5 Å². The molecule has 2 aliphatic rings. The standard InChI is InChI=1S/C18H25N3O4/c1-12(2)19-18(23)20-17(22)11-21-7-3-4-14(21)13-5-6-15-16(10-13)25-9-8-24-15/h5-6,10,12,14H,3-4,7-9,11H2,1-2H3,(H2,19,20,22,23)/t14-/m1/s1. The number of benzene rings is 1. The van der Waals surface area contributed by atoms with Crippen LogP contribution in [0.5, 0.6) is 11.5 Å². The number of rotatable bonds is 4. The molecule has 1 aromatic rings. The summed E-state index contributed by atoms with van der Waals surface area (Å²) in [4.78, 5) is 25.9. The molecule has 2 aliphatic heterocycles. The molecule has 1 aromatic carbocycles. The van der Waals surface area contributed by atoms with Crippen LogP contribution in [0.4, 0.5) is 4.79 Å². The van der Waals surface area contributed by atoms with Gasteiger partial charge >= 0.3 is 6.03 Å². The molecule has 2 N–H and O–H groups in total. The van der Waals surface area contributed by atoms with E-state index in [1.54, 1.807) is 0 Å². The number of ether oxygens (including phenoxy) is 2. The topological polar surface area (TPSA) is 79.9 Å². The molecule has 1 fully saturated rings. The number of amides is 3. The first-order valence-corrected chi connectivity index (χ1v) is 8.77. The summed E-state index contributed by atoms with van der Waals surface area (Å²) >= 11 is 0. The van der Waals surface area contributed by atoms with E-state index in [9.17, 15) is 9.59 Å². The van der Waals surface area contributed by atoms with Crippen molar-refractivity contribution < 1.29 is 19.1 Å². The Balaban J connectivity index is 1.62. The fraction of sp³-hybridized carbons (Fsp3) is 0.556. The van der Waals surface area contributed by atoms with Gasteiger partial charge in [0.2, 0.25) is 5.91 Å². The first-order chi connectivity index (χ1) is 12.0. The lowest BCUT2D eigenvalue weighted by Gasteiger charge is -2.26. The largest absolute Gasteiger partial charge is 0.486 e. The summed E-state index contributed by atoms with van der Waals surface area (Å²) in [6.07, 6.45) is 2.00. The van der Waals surface area contributed by atoms with E-state index in [0.29, 0.717) is 13.2 Å². The number of urea groups is 1. The molecule has 0 bridgehead atoms. The minimum absolute atomic E-state index is 0.00921. The summed E-state index contributed by atoms with van der Waals surface area (Å²) in [7, 11) is 0. The lowest BCUT2D eigenvalue weighted by atomic mass is 10.0. The van der Waals surface area contributed by atoms with Crippen LogP contribution in [0.2, 0.25) is 0 Å². The van der Waals surface area contributed by atoms with Crippen LogP contribution in [0.3, 0.4) is 0 Å². The van der Waals surface area contributed by atoms with Gasteiger partial charge < -0.3 is 14.8 Å². The monoisotopic (exact) mass is 347 g/mol. The van der Waals surface area contributed by atoms with Gasteiger partial charge in [-0.25, -0.2) is 4.79 Å². The van der Waals surface area contributed by atoms with Gasteiger partial charge in [0.15, 0.2) is 11.5 Å². The number of fused-ring (bicyclic) bond motifs is 1. The summed E-state index contributed by atoms with van der Waals surface area (Å²) in [6, 6.07) is 5.65. The van der Waals surface area contributed by atoms with Gasteiger partial charge in [-0.05, 0) is 50.9 Å². The van der Waals surface area contributed by atoms with Gasteiger partial charge in [0.25, 0.3) is 0 Å². The number of imide groups is 1. The Morgan fingerprint density at radius 3 is 2.76 bits per heavy atom. The van der Waals surface area contributed by atoms with Crippen LogP contribution in [0.25, 0.3) is 0 Å². The Bertz CT molecular complexity index is 647. The summed E-state index contributed by atoms with van der Waals surface area (Å²) < 4.78 is 11.2. The first kappa shape index (κ1) is 17.5. The lowest BCUT2D eigenvalue weighted by molar-refractivity contribution is -0.121. The summed E-state index contributed by atoms with van der Waals surface area (Å²) in [6.45, 7) is 5.85. The van der Waals surface area contributed by atoms with Gasteiger partial charge in [-0.15, -0.1) is 0 Å². The Morgan fingerprint density at radius 1 is 1.24 bits per heavy atom. The van der Waals surface area contributed by atoms with Crippen LogP contribution in [-0.2, 0) is 4.79 Å². The van der Waals surface area contributed by atoms with E-state index in [1.807, 2.05) is 32.0 Å². The quantitative estimate of drug-likeness (QED) is 0.869. The van der Waals surface area contributed by atoms with Crippen LogP contribution in [0.1, 0.15) is 38.3 Å². The molecule has 7 nitrogen and oxygen atoms in total. The zero-order chi connectivity index (χ0) is 17.8. The molecule has 7 heteroatoms. The van der Waals surface area contributed by atoms with Gasteiger partial charge in [-0.1, -0.05) is 6.07 Å². The van der Waals surface area contributed by atoms with E-state index in [4.69, 9.17) is 9.47 Å². The van der Waals surface area contributed by atoms with Gasteiger partial charge in [-0.2, -0.15) is 0 Å². The zero-order valence-corrected chi connectivity index (χ0v) is 14.7. The predicted molar refractivity (Wildman–Crippen MR) is 92.8 cm³/mol. The van der Waals surface area contributed by atoms with Crippen molar-refractivity contribution in [3.8, 4) is 11.5 Å². The number of likely N-dealkylation sites (tertiary alicyclic amines) is 1. The van der Waals surface area contributed by atoms with Crippen molar-refractivity contribution in [2.24, 2.45) is 0 Å². The van der Waals surface area contributed by atoms with Crippen molar-refractivity contribution in [3.05, 3.63) is 23.8 Å². The highest BCUT2D eigenvalue weighted by Crippen LogP contribution is 2.37. The molecular formula is C18H25N3O4. The Labute approximate surface area is 147 Å². The van der Waals surface area contributed by atoms with Gasteiger partial charge in [0.05, 0.1) is 6.54 Å². The molecule has 1 atom stereocenters. The minimum atomic E-state index is -0.449. The maximum Gasteiger partial charge on any atom is 0.321 e. The fourth-order valence-corrected chi connectivity index (χ4v) is 3.31. The maximum atomic E-state index is 12.1. The first-order valence-electron chi connectivity index (χ1n) is 8.77. The molecule has 0 aliphatic carbocycles. The van der Waals surface area contributed by atoms with E-state index in [1.165, 1.54) is 0 Å². The van der Waals surface area contributed by atoms with Crippen LogP contribution in [0, 0.1) is 0 Å². The molecule has 2 heterocycles. The number of carbonyl (C=O) groups is 2. The summed E-state index contributed by atoms with van der Waals surface area (Å²) in [5.74, 6) is 1.24. The molecule has 25 heavy (non-hydrogen) atoms. The molecule has 0 saturated carbocycles. The molecule has 1 saturated heterocycles. The maximum absolute atomic E-state index is 12.1. The number of nitrogens with zero attached hydrogens (tertiary/aromatic N) is 1. The third-order valence-electron chi connectivity index (χ3n) is 4.33. The normalized spacial score (nSPS) is 19.7. The summed E-state index contributed by atoms with van der Waals surface area (Å²) in [5, 5.41) is 5.04. The smallest absolute Gasteiger partial charge is 0.321 e. The van der Waals surface area contributed by atoms with Crippen LogP contribution in [-0.4, -0.2) is 49.2 Å². The highest BCUT2D eigenvalue weighted by atomic mass is 16.6. The number of hydrogen-bond acceptors (Lipinski definition) is 5. The highest BCUT2D eigenvalue weighted by Gasteiger charge is 2.29. The van der Waals surface area contributed by atoms with Crippen molar-refractivity contribution in [3.63, 3.8) is 0 Å². The van der Waals surface area contributed by atoms with E-state index < -0.39 is 6.03 Å². The Kier molecular flexibility index (Phi) is 5.43. The van der Waals surface area contributed by atoms with Crippen molar-refractivity contribution in [1.29, 1.82) is 0 Å². The van der Waals surface area contributed by atoms with Gasteiger partial charge in [0.1, 0.15) is 13.2 Å². The second-order valence-corrected chi connectivity index (χ2v) is 6.71. The molecule has 0 radical (unpaired) electrons. The minimum Gasteiger partial charge on any atom is -0.486 e. The van der Waals surface area contributed by atoms with Crippen molar-refractivity contribution >= 4 is 11.9 Å². The van der Waals surface area contributed by atoms with Crippen molar-refractivity contribution in [2.75, 3.05) is 26.3 Å². The van der Waals surface area contributed by atoms with Crippen molar-refractivity contribution in [2.45, 2.75) is 38.8 Å². The number of carbonyl (C=O) groups excluding carboxylic acids is 2. The van der Waals surface area contributed by atoms with Gasteiger partial charge in [-0.3, -0.25) is 15.0 Å². The summed E-state index contributed by atoms with van der Waals surface area (Å²) in [5.41, 5.74) is 1.11. The third kappa shape index (κ3) is 4.42. The highest BCUT2D eigenvalue weighted by molar-refractivity contribution is 5.95. The number of hydrogen-bond donors (Lipinski definition) is 2. The SMILES string of the molecule is CC(C)NC(=O)NC(=O)CN1CCC[C@@H]1c1ccc2c(c1)OCCO2. The number of nitrogens with one attached hydrogen (secondary N) is 2. The molecule has 0 spiro atoms. The van der Waals surface area contributed by atoms with E-state index in [-0.39, 0.29) is 24.5 Å². The predicted octanol–water partition coefficient (Wildman–Crippen LogP) is 1.83. The lowest BCUT2D eigenvalue weighted by Crippen LogP contribution is -2.46. The Hall–Kier alpha value is -2.28. The molecule has 0 unspecified atom stereocenters. The average Bonchev–Trinajstić information content (AvgIpc) is 3.01. The van der Waals surface area contributed by atoms with Crippen LogP contribution < -0.4 is 20.1 Å². The third-order valence-corrected chi connectivity index (χ3v) is 4.33. The second kappa shape index (κ2) is 7.74. The molecular weight excluding hydrogens is 322 g/mol. The molecule has 0 aromatic heterocycles. The molecule has 3 amide bonds. The van der Waals surface area contributed by atoms with E-state index in [2.05, 4.69) is 15.5 Å². The fourth-order valence-electron chi connectivity index (χ4n) is 3.31. The molecule has 136 valence electrons. The second-order valence-electron chi connectivity index (χ2n) is 6.71. The Morgan fingerprint density at radius 2 is 2.00 bits per heavy atom. The van der Waals surface area contributed by atoms with Gasteiger partial charge in [0, 0.05) is 12.1 Å².